The van der Waals surface area contributed by atoms with E-state index in [-0.39, 0.29) is 6.09 Å². The summed E-state index contributed by atoms with van der Waals surface area (Å²) in [6, 6.07) is 14.0. The molecule has 2 aromatic rings. The van der Waals surface area contributed by atoms with Gasteiger partial charge in [-0.3, -0.25) is 0 Å². The van der Waals surface area contributed by atoms with E-state index < -0.39 is 11.6 Å². The van der Waals surface area contributed by atoms with Crippen LogP contribution in [0.3, 0.4) is 0 Å². The maximum atomic E-state index is 11.6. The molecule has 0 saturated heterocycles. The minimum absolute atomic E-state index is 0.375. The van der Waals surface area contributed by atoms with Crippen molar-refractivity contribution >= 4 is 29.7 Å². The molecule has 0 atom stereocenters. The Morgan fingerprint density at radius 3 is 2.39 bits per heavy atom. The number of benzene rings is 2. The lowest BCUT2D eigenvalue weighted by Crippen LogP contribution is -2.33. The highest BCUT2D eigenvalue weighted by atomic mass is 35.5. The largest absolute Gasteiger partial charge is 0.466 e. The van der Waals surface area contributed by atoms with E-state index in [9.17, 15) is 9.59 Å². The van der Waals surface area contributed by atoms with Gasteiger partial charge >= 0.3 is 12.1 Å². The molecule has 0 unspecified atom stereocenters. The molecule has 1 amide bonds. The van der Waals surface area contributed by atoms with Gasteiger partial charge < -0.3 is 14.8 Å². The summed E-state index contributed by atoms with van der Waals surface area (Å²) in [6.45, 7) is 6.14. The number of nitrogens with one attached hydrogen (secondary N) is 1. The van der Waals surface area contributed by atoms with Crippen LogP contribution in [0.4, 0.5) is 4.79 Å². The molecule has 0 fully saturated rings. The molecule has 1 N–H and O–H groups in total. The smallest absolute Gasteiger partial charge is 0.407 e. The third kappa shape index (κ3) is 8.85. The number of unbranched alkanes of at least 4 members (excludes halogenated alkanes) is 1. The fourth-order valence-electron chi connectivity index (χ4n) is 2.91. The molecule has 0 aliphatic heterocycles. The van der Waals surface area contributed by atoms with Crippen LogP contribution in [0.15, 0.2) is 48.5 Å². The van der Waals surface area contributed by atoms with Gasteiger partial charge in [0, 0.05) is 23.2 Å². The molecule has 31 heavy (non-hydrogen) atoms. The lowest BCUT2D eigenvalue weighted by molar-refractivity contribution is -0.134. The van der Waals surface area contributed by atoms with Crippen molar-refractivity contribution < 1.29 is 19.1 Å². The quantitative estimate of drug-likeness (QED) is 0.307. The molecule has 0 heterocycles. The Morgan fingerprint density at radius 2 is 1.77 bits per heavy atom. The molecular weight excluding hydrogens is 414 g/mol. The lowest BCUT2D eigenvalue weighted by Gasteiger charge is -2.19. The zero-order valence-electron chi connectivity index (χ0n) is 18.5. The Morgan fingerprint density at radius 1 is 1.06 bits per heavy atom. The van der Waals surface area contributed by atoms with Crippen molar-refractivity contribution in [1.82, 2.24) is 5.32 Å². The summed E-state index contributed by atoms with van der Waals surface area (Å²) in [5.41, 5.74) is 3.55. The maximum Gasteiger partial charge on any atom is 0.407 e. The van der Waals surface area contributed by atoms with Crippen LogP contribution in [0.2, 0.25) is 5.02 Å². The molecule has 0 aliphatic rings. The summed E-state index contributed by atoms with van der Waals surface area (Å²) < 4.78 is 9.81. The number of carbonyl (C=O) groups excluding carboxylic acids is 2. The lowest BCUT2D eigenvalue weighted by atomic mass is 10.0. The number of hydrogen-bond donors (Lipinski definition) is 1. The highest BCUT2D eigenvalue weighted by Crippen LogP contribution is 2.29. The molecular formula is C25H30ClNO4. The fourth-order valence-corrected chi connectivity index (χ4v) is 3.21. The van der Waals surface area contributed by atoms with E-state index in [0.717, 1.165) is 36.0 Å². The predicted molar refractivity (Wildman–Crippen MR) is 125 cm³/mol. The third-order valence-corrected chi connectivity index (χ3v) is 4.74. The fraction of sp³-hybridized carbons (Fsp3) is 0.360. The monoisotopic (exact) mass is 443 g/mol. The second-order valence-electron chi connectivity index (χ2n) is 8.18. The first-order valence-corrected chi connectivity index (χ1v) is 10.7. The molecule has 0 saturated carbocycles. The van der Waals surface area contributed by atoms with Crippen LogP contribution in [-0.4, -0.2) is 31.3 Å². The molecule has 0 aromatic heterocycles. The van der Waals surface area contributed by atoms with Gasteiger partial charge in [0.25, 0.3) is 0 Å². The van der Waals surface area contributed by atoms with Gasteiger partial charge in [-0.2, -0.15) is 0 Å². The SMILES string of the molecule is COC(=O)/C=C/c1ccc(-c2ccc(CCCCNC(=O)OC(C)(C)C)cc2)c(Cl)c1. The van der Waals surface area contributed by atoms with Crippen LogP contribution in [0, 0.1) is 0 Å². The average molecular weight is 444 g/mol. The molecule has 5 nitrogen and oxygen atoms in total. The predicted octanol–water partition coefficient (Wildman–Crippen LogP) is 6.04. The summed E-state index contributed by atoms with van der Waals surface area (Å²) >= 11 is 6.44. The van der Waals surface area contributed by atoms with E-state index in [0.29, 0.717) is 11.6 Å². The first-order valence-electron chi connectivity index (χ1n) is 10.3. The third-order valence-electron chi connectivity index (χ3n) is 4.43. The molecule has 0 bridgehead atoms. The number of halogens is 1. The molecule has 2 rings (SSSR count). The van der Waals surface area contributed by atoms with Gasteiger partial charge in [0.15, 0.2) is 0 Å². The Labute approximate surface area is 189 Å². The van der Waals surface area contributed by atoms with E-state index in [1.165, 1.54) is 18.7 Å². The first-order chi connectivity index (χ1) is 14.7. The Hall–Kier alpha value is -2.79. The summed E-state index contributed by atoms with van der Waals surface area (Å²) in [5.74, 6) is -0.406. The zero-order chi connectivity index (χ0) is 22.9. The van der Waals surface area contributed by atoms with Gasteiger partial charge in [0.05, 0.1) is 7.11 Å². The number of hydrogen-bond acceptors (Lipinski definition) is 4. The number of methoxy groups -OCH3 is 1. The average Bonchev–Trinajstić information content (AvgIpc) is 2.71. The Kier molecular flexibility index (Phi) is 9.13. The van der Waals surface area contributed by atoms with Gasteiger partial charge in [-0.1, -0.05) is 48.0 Å². The number of ether oxygens (including phenoxy) is 2. The van der Waals surface area contributed by atoms with Gasteiger partial charge in [-0.05, 0) is 68.9 Å². The van der Waals surface area contributed by atoms with Gasteiger partial charge in [0.1, 0.15) is 5.60 Å². The molecule has 0 aliphatic carbocycles. The molecule has 0 spiro atoms. The van der Waals surface area contributed by atoms with Crippen LogP contribution in [0.25, 0.3) is 17.2 Å². The van der Waals surface area contributed by atoms with Crippen molar-refractivity contribution in [3.05, 3.63) is 64.7 Å². The number of aryl methyl sites for hydroxylation is 1. The minimum atomic E-state index is -0.477. The van der Waals surface area contributed by atoms with E-state index in [2.05, 4.69) is 34.3 Å². The Balaban J connectivity index is 1.84. The number of esters is 1. The summed E-state index contributed by atoms with van der Waals surface area (Å²) in [5, 5.41) is 3.40. The Bertz CT molecular complexity index is 914. The van der Waals surface area contributed by atoms with Crippen molar-refractivity contribution in [1.29, 1.82) is 0 Å². The number of rotatable bonds is 8. The maximum absolute atomic E-state index is 11.6. The van der Waals surface area contributed by atoms with E-state index >= 15 is 0 Å². The number of carbonyl (C=O) groups is 2. The zero-order valence-corrected chi connectivity index (χ0v) is 19.3. The topological polar surface area (TPSA) is 64.6 Å². The van der Waals surface area contributed by atoms with Crippen LogP contribution in [-0.2, 0) is 20.7 Å². The second kappa shape index (κ2) is 11.6. The van der Waals surface area contributed by atoms with Crippen molar-refractivity contribution in [3.63, 3.8) is 0 Å². The highest BCUT2D eigenvalue weighted by Gasteiger charge is 2.15. The van der Waals surface area contributed by atoms with Crippen molar-refractivity contribution in [2.24, 2.45) is 0 Å². The molecule has 6 heteroatoms. The van der Waals surface area contributed by atoms with Gasteiger partial charge in [0.2, 0.25) is 0 Å². The number of amides is 1. The van der Waals surface area contributed by atoms with Crippen molar-refractivity contribution in [2.45, 2.75) is 45.6 Å². The number of alkyl carbamates (subject to hydrolysis) is 1. The highest BCUT2D eigenvalue weighted by molar-refractivity contribution is 6.33. The van der Waals surface area contributed by atoms with Crippen molar-refractivity contribution in [3.8, 4) is 11.1 Å². The second-order valence-corrected chi connectivity index (χ2v) is 8.59. The molecule has 166 valence electrons. The van der Waals surface area contributed by atoms with Gasteiger partial charge in [-0.15, -0.1) is 0 Å². The van der Waals surface area contributed by atoms with Crippen LogP contribution in [0.5, 0.6) is 0 Å². The van der Waals surface area contributed by atoms with E-state index in [4.69, 9.17) is 16.3 Å². The normalized spacial score (nSPS) is 11.4. The first kappa shape index (κ1) is 24.5. The summed E-state index contributed by atoms with van der Waals surface area (Å²) in [6.07, 6.45) is 5.44. The van der Waals surface area contributed by atoms with Gasteiger partial charge in [-0.25, -0.2) is 9.59 Å². The van der Waals surface area contributed by atoms with E-state index in [1.807, 2.05) is 39.0 Å². The standard InChI is InChI=1S/C25H30ClNO4/c1-25(2,3)31-24(29)27-16-6-5-7-18-8-12-20(13-9-18)21-14-10-19(17-22(21)26)11-15-23(28)30-4/h8-15,17H,5-7,16H2,1-4H3,(H,27,29)/b15-11+. The summed E-state index contributed by atoms with van der Waals surface area (Å²) in [4.78, 5) is 22.8. The molecule has 2 aromatic carbocycles. The van der Waals surface area contributed by atoms with E-state index in [1.54, 1.807) is 6.08 Å². The van der Waals surface area contributed by atoms with Crippen LogP contribution >= 0.6 is 11.6 Å². The molecule has 0 radical (unpaired) electrons. The summed E-state index contributed by atoms with van der Waals surface area (Å²) in [7, 11) is 1.34. The van der Waals surface area contributed by atoms with Crippen LogP contribution in [0.1, 0.15) is 44.7 Å². The minimum Gasteiger partial charge on any atom is -0.466 e. The van der Waals surface area contributed by atoms with Crippen LogP contribution < -0.4 is 5.32 Å². The van der Waals surface area contributed by atoms with Crippen molar-refractivity contribution in [2.75, 3.05) is 13.7 Å².